The molecule has 118 valence electrons. The molecule has 0 aliphatic carbocycles. The molecule has 0 unspecified atom stereocenters. The molecule has 2 aliphatic rings. The minimum atomic E-state index is 0.568. The van der Waals surface area contributed by atoms with Gasteiger partial charge in [-0.1, -0.05) is 12.1 Å². The van der Waals surface area contributed by atoms with Crippen molar-refractivity contribution in [2.45, 2.75) is 37.8 Å². The lowest BCUT2D eigenvalue weighted by atomic mass is 9.95. The van der Waals surface area contributed by atoms with Gasteiger partial charge in [-0.3, -0.25) is 4.90 Å². The Bertz CT molecular complexity index is 831. The number of nitrogens with zero attached hydrogens (tertiary/aromatic N) is 3. The van der Waals surface area contributed by atoms with Crippen molar-refractivity contribution in [2.24, 2.45) is 0 Å². The van der Waals surface area contributed by atoms with Crippen molar-refractivity contribution in [3.63, 3.8) is 0 Å². The molecule has 2 atom stereocenters. The van der Waals surface area contributed by atoms with Crippen LogP contribution in [0.1, 0.15) is 31.7 Å². The van der Waals surface area contributed by atoms with Gasteiger partial charge in [0.1, 0.15) is 5.82 Å². The van der Waals surface area contributed by atoms with Gasteiger partial charge in [-0.25, -0.2) is 4.98 Å². The fourth-order valence-corrected chi connectivity index (χ4v) is 4.66. The van der Waals surface area contributed by atoms with Crippen molar-refractivity contribution in [2.75, 3.05) is 13.1 Å². The van der Waals surface area contributed by atoms with E-state index < -0.39 is 0 Å². The molecule has 4 heteroatoms. The quantitative estimate of drug-likeness (QED) is 0.781. The van der Waals surface area contributed by atoms with E-state index in [1.54, 1.807) is 0 Å². The van der Waals surface area contributed by atoms with Crippen molar-refractivity contribution < 1.29 is 0 Å². The van der Waals surface area contributed by atoms with Gasteiger partial charge in [-0.2, -0.15) is 0 Å². The highest BCUT2D eigenvalue weighted by Gasteiger charge is 2.36. The monoisotopic (exact) mass is 306 g/mol. The van der Waals surface area contributed by atoms with E-state index in [4.69, 9.17) is 4.98 Å². The first-order valence-corrected chi connectivity index (χ1v) is 8.75. The molecule has 0 spiro atoms. The zero-order chi connectivity index (χ0) is 15.2. The molecule has 1 aromatic carbocycles. The lowest BCUT2D eigenvalue weighted by molar-refractivity contribution is 0.139. The second kappa shape index (κ2) is 5.24. The SMILES string of the molecule is c1cc(-c2nccn2[C@@H]2CCCN3CCC[C@H]23)c2cc[nH]c2c1. The average molecular weight is 306 g/mol. The number of hydrogen-bond acceptors (Lipinski definition) is 2. The molecule has 0 amide bonds. The van der Waals surface area contributed by atoms with Crippen molar-refractivity contribution in [1.82, 2.24) is 19.4 Å². The lowest BCUT2D eigenvalue weighted by Gasteiger charge is -2.38. The molecule has 1 N–H and O–H groups in total. The largest absolute Gasteiger partial charge is 0.361 e. The number of rotatable bonds is 2. The van der Waals surface area contributed by atoms with E-state index in [0.717, 1.165) is 5.82 Å². The Morgan fingerprint density at radius 3 is 2.83 bits per heavy atom. The molecule has 3 aromatic rings. The molecule has 2 fully saturated rings. The summed E-state index contributed by atoms with van der Waals surface area (Å²) in [6.07, 6.45) is 11.4. The van der Waals surface area contributed by atoms with Crippen LogP contribution in [0.5, 0.6) is 0 Å². The average Bonchev–Trinajstić information content (AvgIpc) is 3.32. The van der Waals surface area contributed by atoms with Crippen molar-refractivity contribution in [3.8, 4) is 11.4 Å². The van der Waals surface area contributed by atoms with Crippen LogP contribution in [0, 0.1) is 0 Å². The highest BCUT2D eigenvalue weighted by molar-refractivity contribution is 5.93. The van der Waals surface area contributed by atoms with E-state index in [0.29, 0.717) is 12.1 Å². The highest BCUT2D eigenvalue weighted by Crippen LogP contribution is 2.38. The number of H-pyrrole nitrogens is 1. The smallest absolute Gasteiger partial charge is 0.140 e. The van der Waals surface area contributed by atoms with Crippen LogP contribution < -0.4 is 0 Å². The van der Waals surface area contributed by atoms with Gasteiger partial charge in [0.05, 0.1) is 6.04 Å². The molecule has 2 aromatic heterocycles. The zero-order valence-corrected chi connectivity index (χ0v) is 13.3. The number of fused-ring (bicyclic) bond motifs is 2. The van der Waals surface area contributed by atoms with Gasteiger partial charge in [0, 0.05) is 41.1 Å². The van der Waals surface area contributed by atoms with Crippen LogP contribution in [0.25, 0.3) is 22.3 Å². The summed E-state index contributed by atoms with van der Waals surface area (Å²) in [5.41, 5.74) is 2.42. The number of imidazole rings is 1. The fourth-order valence-electron chi connectivity index (χ4n) is 4.66. The minimum Gasteiger partial charge on any atom is -0.361 e. The first-order valence-electron chi connectivity index (χ1n) is 8.75. The van der Waals surface area contributed by atoms with Gasteiger partial charge in [-0.05, 0) is 50.9 Å². The van der Waals surface area contributed by atoms with Crippen molar-refractivity contribution in [1.29, 1.82) is 0 Å². The van der Waals surface area contributed by atoms with E-state index in [-0.39, 0.29) is 0 Å². The molecular formula is C19H22N4. The molecule has 0 radical (unpaired) electrons. The van der Waals surface area contributed by atoms with E-state index >= 15 is 0 Å². The van der Waals surface area contributed by atoms with Gasteiger partial charge >= 0.3 is 0 Å². The molecule has 23 heavy (non-hydrogen) atoms. The number of hydrogen-bond donors (Lipinski definition) is 1. The first-order chi connectivity index (χ1) is 11.4. The normalized spacial score (nSPS) is 25.0. The van der Waals surface area contributed by atoms with E-state index in [1.165, 1.54) is 55.2 Å². The van der Waals surface area contributed by atoms with Gasteiger partial charge < -0.3 is 9.55 Å². The number of aromatic amines is 1. The third kappa shape index (κ3) is 2.05. The Balaban J connectivity index is 1.61. The topological polar surface area (TPSA) is 36.9 Å². The number of benzene rings is 1. The van der Waals surface area contributed by atoms with Gasteiger partial charge in [-0.15, -0.1) is 0 Å². The molecule has 5 rings (SSSR count). The summed E-state index contributed by atoms with van der Waals surface area (Å²) in [6.45, 7) is 2.55. The third-order valence-electron chi connectivity index (χ3n) is 5.67. The standard InChI is InChI=1S/C19H22N4/c1-4-15(14-8-9-20-16(14)5-1)19-21-10-13-23(19)18-7-3-12-22-11-2-6-17(18)22/h1,4-5,8-10,13,17-18,20H,2-3,6-7,11-12H2/t17-,18-/m1/s1. The van der Waals surface area contributed by atoms with Crippen molar-refractivity contribution in [3.05, 3.63) is 42.9 Å². The second-order valence-corrected chi connectivity index (χ2v) is 6.86. The molecule has 4 heterocycles. The molecular weight excluding hydrogens is 284 g/mol. The van der Waals surface area contributed by atoms with Gasteiger partial charge in [0.25, 0.3) is 0 Å². The van der Waals surface area contributed by atoms with Crippen LogP contribution in [-0.2, 0) is 0 Å². The first kappa shape index (κ1) is 13.4. The zero-order valence-electron chi connectivity index (χ0n) is 13.3. The van der Waals surface area contributed by atoms with Crippen LogP contribution in [-0.4, -0.2) is 38.6 Å². The minimum absolute atomic E-state index is 0.568. The number of aromatic nitrogens is 3. The molecule has 0 bridgehead atoms. The fraction of sp³-hybridized carbons (Fsp3) is 0.421. The van der Waals surface area contributed by atoms with Crippen LogP contribution in [0.3, 0.4) is 0 Å². The summed E-state index contributed by atoms with van der Waals surface area (Å²) in [7, 11) is 0. The molecule has 4 nitrogen and oxygen atoms in total. The molecule has 0 saturated carbocycles. The number of piperidine rings is 1. The van der Waals surface area contributed by atoms with Gasteiger partial charge in [0.15, 0.2) is 0 Å². The Labute approximate surface area is 136 Å². The summed E-state index contributed by atoms with van der Waals surface area (Å²) in [6, 6.07) is 9.87. The lowest BCUT2D eigenvalue weighted by Crippen LogP contribution is -2.41. The Morgan fingerprint density at radius 2 is 1.91 bits per heavy atom. The van der Waals surface area contributed by atoms with E-state index in [1.807, 2.05) is 12.4 Å². The Hall–Kier alpha value is -2.07. The summed E-state index contributed by atoms with van der Waals surface area (Å²) < 4.78 is 2.45. The molecule has 2 saturated heterocycles. The maximum atomic E-state index is 4.74. The molecule has 2 aliphatic heterocycles. The predicted molar refractivity (Wildman–Crippen MR) is 92.4 cm³/mol. The van der Waals surface area contributed by atoms with Crippen LogP contribution >= 0.6 is 0 Å². The maximum absolute atomic E-state index is 4.74. The number of nitrogens with one attached hydrogen (secondary N) is 1. The summed E-state index contributed by atoms with van der Waals surface area (Å²) >= 11 is 0. The summed E-state index contributed by atoms with van der Waals surface area (Å²) in [5.74, 6) is 1.12. The third-order valence-corrected chi connectivity index (χ3v) is 5.67. The summed E-state index contributed by atoms with van der Waals surface area (Å²) in [5, 5.41) is 1.26. The summed E-state index contributed by atoms with van der Waals surface area (Å²) in [4.78, 5) is 10.7. The maximum Gasteiger partial charge on any atom is 0.140 e. The van der Waals surface area contributed by atoms with Crippen LogP contribution in [0.15, 0.2) is 42.9 Å². The van der Waals surface area contributed by atoms with Crippen LogP contribution in [0.2, 0.25) is 0 Å². The van der Waals surface area contributed by atoms with E-state index in [2.05, 4.69) is 44.9 Å². The van der Waals surface area contributed by atoms with Crippen LogP contribution in [0.4, 0.5) is 0 Å². The second-order valence-electron chi connectivity index (χ2n) is 6.86. The predicted octanol–water partition coefficient (Wildman–Crippen LogP) is 3.83. The van der Waals surface area contributed by atoms with E-state index in [9.17, 15) is 0 Å². The highest BCUT2D eigenvalue weighted by atomic mass is 15.2. The van der Waals surface area contributed by atoms with Gasteiger partial charge in [0.2, 0.25) is 0 Å². The van der Waals surface area contributed by atoms with Crippen molar-refractivity contribution >= 4 is 10.9 Å². The Morgan fingerprint density at radius 1 is 1.04 bits per heavy atom. The Kier molecular flexibility index (Phi) is 3.05.